The van der Waals surface area contributed by atoms with Gasteiger partial charge in [-0.1, -0.05) is 17.7 Å². The van der Waals surface area contributed by atoms with Gasteiger partial charge in [0.25, 0.3) is 0 Å². The summed E-state index contributed by atoms with van der Waals surface area (Å²) in [5.41, 5.74) is 2.67. The SMILES string of the molecule is CN1c2c(Cl)cccc2NCC12CCC2. The quantitative estimate of drug-likeness (QED) is 0.726. The Balaban J connectivity index is 2.08. The third kappa shape index (κ3) is 1.18. The van der Waals surface area contributed by atoms with Gasteiger partial charge in [0, 0.05) is 13.6 Å². The highest BCUT2D eigenvalue weighted by atomic mass is 35.5. The van der Waals surface area contributed by atoms with Crippen LogP contribution in [0.5, 0.6) is 0 Å². The first kappa shape index (κ1) is 9.34. The zero-order valence-corrected chi connectivity index (χ0v) is 9.64. The minimum absolute atomic E-state index is 0.331. The van der Waals surface area contributed by atoms with E-state index in [1.807, 2.05) is 12.1 Å². The van der Waals surface area contributed by atoms with Crippen LogP contribution in [0.4, 0.5) is 11.4 Å². The van der Waals surface area contributed by atoms with Crippen LogP contribution in [0.3, 0.4) is 0 Å². The van der Waals surface area contributed by atoms with Crippen LogP contribution in [0.25, 0.3) is 0 Å². The number of anilines is 2. The Labute approximate surface area is 95.2 Å². The second kappa shape index (κ2) is 3.05. The molecular weight excluding hydrogens is 208 g/mol. The molecule has 1 aromatic carbocycles. The number of hydrogen-bond acceptors (Lipinski definition) is 2. The van der Waals surface area contributed by atoms with Gasteiger partial charge in [-0.15, -0.1) is 0 Å². The van der Waals surface area contributed by atoms with Gasteiger partial charge in [0.1, 0.15) is 0 Å². The van der Waals surface area contributed by atoms with Crippen LogP contribution in [0.2, 0.25) is 5.02 Å². The number of benzene rings is 1. The lowest BCUT2D eigenvalue weighted by atomic mass is 9.74. The lowest BCUT2D eigenvalue weighted by Crippen LogP contribution is -2.59. The Morgan fingerprint density at radius 2 is 2.20 bits per heavy atom. The molecule has 0 aromatic heterocycles. The minimum atomic E-state index is 0.331. The largest absolute Gasteiger partial charge is 0.381 e. The second-order valence-electron chi connectivity index (χ2n) is 4.63. The molecule has 1 aliphatic heterocycles. The molecular formula is C12H15ClN2. The van der Waals surface area contributed by atoms with Crippen molar-refractivity contribution in [3.8, 4) is 0 Å². The molecule has 15 heavy (non-hydrogen) atoms. The third-order valence-corrected chi connectivity index (χ3v) is 4.23. The number of rotatable bonds is 0. The van der Waals surface area contributed by atoms with Crippen LogP contribution in [-0.4, -0.2) is 19.1 Å². The van der Waals surface area contributed by atoms with Crippen molar-refractivity contribution in [2.24, 2.45) is 0 Å². The molecule has 0 radical (unpaired) electrons. The molecule has 1 saturated carbocycles. The molecule has 3 rings (SSSR count). The van der Waals surface area contributed by atoms with E-state index in [1.54, 1.807) is 0 Å². The summed E-state index contributed by atoms with van der Waals surface area (Å²) < 4.78 is 0. The Morgan fingerprint density at radius 1 is 1.40 bits per heavy atom. The highest BCUT2D eigenvalue weighted by Gasteiger charge is 2.44. The van der Waals surface area contributed by atoms with Gasteiger partial charge in [0.15, 0.2) is 0 Å². The van der Waals surface area contributed by atoms with Crippen molar-refractivity contribution in [1.29, 1.82) is 0 Å². The van der Waals surface area contributed by atoms with E-state index in [9.17, 15) is 0 Å². The van der Waals surface area contributed by atoms with Crippen LogP contribution in [-0.2, 0) is 0 Å². The molecule has 1 fully saturated rings. The fourth-order valence-electron chi connectivity index (χ4n) is 2.71. The van der Waals surface area contributed by atoms with Crippen molar-refractivity contribution >= 4 is 23.0 Å². The van der Waals surface area contributed by atoms with E-state index in [4.69, 9.17) is 11.6 Å². The van der Waals surface area contributed by atoms with Crippen molar-refractivity contribution in [1.82, 2.24) is 0 Å². The molecule has 1 aromatic rings. The van der Waals surface area contributed by atoms with Gasteiger partial charge in [-0.2, -0.15) is 0 Å². The van der Waals surface area contributed by atoms with Crippen molar-refractivity contribution < 1.29 is 0 Å². The molecule has 2 aliphatic rings. The Morgan fingerprint density at radius 3 is 2.87 bits per heavy atom. The number of para-hydroxylation sites is 1. The molecule has 2 nitrogen and oxygen atoms in total. The van der Waals surface area contributed by atoms with E-state index >= 15 is 0 Å². The molecule has 3 heteroatoms. The average Bonchev–Trinajstić information content (AvgIpc) is 2.16. The van der Waals surface area contributed by atoms with Crippen molar-refractivity contribution in [2.45, 2.75) is 24.8 Å². The summed E-state index contributed by atoms with van der Waals surface area (Å²) >= 11 is 6.26. The summed E-state index contributed by atoms with van der Waals surface area (Å²) in [6, 6.07) is 6.07. The topological polar surface area (TPSA) is 15.3 Å². The zero-order chi connectivity index (χ0) is 10.5. The Hall–Kier alpha value is -0.890. The molecule has 1 spiro atoms. The minimum Gasteiger partial charge on any atom is -0.381 e. The molecule has 80 valence electrons. The van der Waals surface area contributed by atoms with Crippen LogP contribution in [0.15, 0.2) is 18.2 Å². The fraction of sp³-hybridized carbons (Fsp3) is 0.500. The standard InChI is InChI=1S/C12H15ClN2/c1-15-11-9(13)4-2-5-10(11)14-8-12(15)6-3-7-12/h2,4-5,14H,3,6-8H2,1H3. The first-order valence-electron chi connectivity index (χ1n) is 5.49. The Bertz CT molecular complexity index is 399. The molecule has 0 atom stereocenters. The average molecular weight is 223 g/mol. The summed E-state index contributed by atoms with van der Waals surface area (Å²) in [4.78, 5) is 2.38. The maximum absolute atomic E-state index is 6.26. The molecule has 0 saturated heterocycles. The van der Waals surface area contributed by atoms with E-state index in [2.05, 4.69) is 23.3 Å². The van der Waals surface area contributed by atoms with E-state index in [-0.39, 0.29) is 0 Å². The maximum atomic E-state index is 6.26. The van der Waals surface area contributed by atoms with E-state index in [0.717, 1.165) is 11.6 Å². The van der Waals surface area contributed by atoms with E-state index in [1.165, 1.54) is 30.6 Å². The van der Waals surface area contributed by atoms with Crippen molar-refractivity contribution in [2.75, 3.05) is 23.8 Å². The summed E-state index contributed by atoms with van der Waals surface area (Å²) in [5, 5.41) is 4.36. The first-order chi connectivity index (χ1) is 7.23. The van der Waals surface area contributed by atoms with Gasteiger partial charge in [0.2, 0.25) is 0 Å². The van der Waals surface area contributed by atoms with Gasteiger partial charge in [-0.05, 0) is 31.4 Å². The van der Waals surface area contributed by atoms with E-state index < -0.39 is 0 Å². The van der Waals surface area contributed by atoms with Gasteiger partial charge >= 0.3 is 0 Å². The molecule has 1 heterocycles. The molecule has 0 unspecified atom stereocenters. The van der Waals surface area contributed by atoms with Crippen LogP contribution in [0, 0.1) is 0 Å². The van der Waals surface area contributed by atoms with Crippen LogP contribution < -0.4 is 10.2 Å². The number of halogens is 1. The number of nitrogens with zero attached hydrogens (tertiary/aromatic N) is 1. The molecule has 0 amide bonds. The fourth-order valence-corrected chi connectivity index (χ4v) is 3.01. The van der Waals surface area contributed by atoms with Crippen LogP contribution >= 0.6 is 11.6 Å². The molecule has 0 bridgehead atoms. The lowest BCUT2D eigenvalue weighted by Gasteiger charge is -2.53. The number of likely N-dealkylation sites (N-methyl/N-ethyl adjacent to an activating group) is 1. The Kier molecular flexibility index (Phi) is 1.90. The van der Waals surface area contributed by atoms with Crippen molar-refractivity contribution in [3.63, 3.8) is 0 Å². The van der Waals surface area contributed by atoms with Gasteiger partial charge in [0.05, 0.1) is 21.9 Å². The summed E-state index contributed by atoms with van der Waals surface area (Å²) in [6.07, 6.45) is 3.90. The smallest absolute Gasteiger partial charge is 0.0793 e. The monoisotopic (exact) mass is 222 g/mol. The maximum Gasteiger partial charge on any atom is 0.0793 e. The third-order valence-electron chi connectivity index (χ3n) is 3.93. The van der Waals surface area contributed by atoms with Crippen LogP contribution in [0.1, 0.15) is 19.3 Å². The van der Waals surface area contributed by atoms with E-state index in [0.29, 0.717) is 5.54 Å². The highest BCUT2D eigenvalue weighted by Crippen LogP contribution is 2.47. The summed E-state index contributed by atoms with van der Waals surface area (Å²) in [5.74, 6) is 0. The normalized spacial score (nSPS) is 21.9. The second-order valence-corrected chi connectivity index (χ2v) is 5.03. The zero-order valence-electron chi connectivity index (χ0n) is 8.89. The number of nitrogens with one attached hydrogen (secondary N) is 1. The van der Waals surface area contributed by atoms with Gasteiger partial charge in [-0.25, -0.2) is 0 Å². The lowest BCUT2D eigenvalue weighted by molar-refractivity contribution is 0.249. The predicted octanol–water partition coefficient (Wildman–Crippen LogP) is 3.12. The summed E-state index contributed by atoms with van der Waals surface area (Å²) in [6.45, 7) is 1.05. The first-order valence-corrected chi connectivity index (χ1v) is 5.87. The predicted molar refractivity (Wildman–Crippen MR) is 64.9 cm³/mol. The van der Waals surface area contributed by atoms with Gasteiger partial charge < -0.3 is 10.2 Å². The summed E-state index contributed by atoms with van der Waals surface area (Å²) in [7, 11) is 2.17. The van der Waals surface area contributed by atoms with Crippen molar-refractivity contribution in [3.05, 3.63) is 23.2 Å². The molecule has 1 aliphatic carbocycles. The molecule has 1 N–H and O–H groups in total. The number of hydrogen-bond donors (Lipinski definition) is 1. The highest BCUT2D eigenvalue weighted by molar-refractivity contribution is 6.34. The number of fused-ring (bicyclic) bond motifs is 1. The van der Waals surface area contributed by atoms with Gasteiger partial charge in [-0.3, -0.25) is 0 Å².